The average molecular weight is 470 g/mol. The molecule has 0 aromatic heterocycles. The Bertz CT molecular complexity index is 1190. The molecule has 0 spiro atoms. The molecule has 0 saturated carbocycles. The molecule has 3 aromatic carbocycles. The summed E-state index contributed by atoms with van der Waals surface area (Å²) < 4.78 is 41.0. The van der Waals surface area contributed by atoms with Gasteiger partial charge in [0.05, 0.1) is 11.4 Å². The summed E-state index contributed by atoms with van der Waals surface area (Å²) in [4.78, 5) is 14.3. The van der Waals surface area contributed by atoms with Crippen LogP contribution in [0.15, 0.2) is 83.8 Å². The van der Waals surface area contributed by atoms with E-state index in [2.05, 4.69) is 5.32 Å². The second-order valence-corrected chi connectivity index (χ2v) is 9.98. The third-order valence-corrected chi connectivity index (χ3v) is 7.32. The maximum absolute atomic E-state index is 14.0. The van der Waals surface area contributed by atoms with E-state index >= 15 is 0 Å². The lowest BCUT2D eigenvalue weighted by molar-refractivity contribution is -0.117. The number of benzene rings is 3. The summed E-state index contributed by atoms with van der Waals surface area (Å²) in [6.45, 7) is 2.14. The van der Waals surface area contributed by atoms with Crippen molar-refractivity contribution >= 4 is 21.6 Å². The van der Waals surface area contributed by atoms with E-state index in [1.54, 1.807) is 42.3 Å². The standard InChI is InChI=1S/C25H28FN3O3S/c1-19(23-11-7-8-12-24(23)26)28(2)18-25(30)27-21-13-15-22(16-14-21)33(31,32)29(3)17-20-9-5-4-6-10-20/h4-16,19H,17-18H2,1-3H3,(H,27,30). The molecule has 1 atom stereocenters. The zero-order valence-electron chi connectivity index (χ0n) is 18.9. The number of likely N-dealkylation sites (N-methyl/N-ethyl adjacent to an activating group) is 1. The molecule has 0 saturated heterocycles. The van der Waals surface area contributed by atoms with Gasteiger partial charge in [0.15, 0.2) is 0 Å². The predicted molar refractivity (Wildman–Crippen MR) is 128 cm³/mol. The predicted octanol–water partition coefficient (Wildman–Crippen LogP) is 4.28. The van der Waals surface area contributed by atoms with E-state index in [0.29, 0.717) is 11.3 Å². The largest absolute Gasteiger partial charge is 0.325 e. The van der Waals surface area contributed by atoms with Crippen LogP contribution in [0.4, 0.5) is 10.1 Å². The van der Waals surface area contributed by atoms with E-state index in [1.165, 1.54) is 29.6 Å². The topological polar surface area (TPSA) is 69.7 Å². The Morgan fingerprint density at radius 2 is 1.55 bits per heavy atom. The molecular formula is C25H28FN3O3S. The van der Waals surface area contributed by atoms with Crippen LogP contribution in [-0.4, -0.2) is 44.2 Å². The molecule has 3 aromatic rings. The number of hydrogen-bond donors (Lipinski definition) is 1. The average Bonchev–Trinajstić information content (AvgIpc) is 2.80. The Balaban J connectivity index is 1.60. The molecule has 33 heavy (non-hydrogen) atoms. The van der Waals surface area contributed by atoms with Crippen LogP contribution in [0, 0.1) is 5.82 Å². The van der Waals surface area contributed by atoms with Gasteiger partial charge in [-0.3, -0.25) is 9.69 Å². The summed E-state index contributed by atoms with van der Waals surface area (Å²) in [5.41, 5.74) is 1.89. The van der Waals surface area contributed by atoms with Crippen molar-refractivity contribution in [3.8, 4) is 0 Å². The first-order chi connectivity index (χ1) is 15.7. The van der Waals surface area contributed by atoms with Gasteiger partial charge in [-0.2, -0.15) is 4.31 Å². The van der Waals surface area contributed by atoms with E-state index in [9.17, 15) is 17.6 Å². The first-order valence-electron chi connectivity index (χ1n) is 10.5. The van der Waals surface area contributed by atoms with Crippen LogP contribution in [0.25, 0.3) is 0 Å². The van der Waals surface area contributed by atoms with E-state index < -0.39 is 10.0 Å². The minimum atomic E-state index is -3.67. The number of nitrogens with one attached hydrogen (secondary N) is 1. The number of nitrogens with zero attached hydrogens (tertiary/aromatic N) is 2. The number of rotatable bonds is 9. The highest BCUT2D eigenvalue weighted by Gasteiger charge is 2.21. The zero-order chi connectivity index (χ0) is 24.0. The Labute approximate surface area is 194 Å². The molecule has 0 radical (unpaired) electrons. The lowest BCUT2D eigenvalue weighted by Crippen LogP contribution is -2.32. The van der Waals surface area contributed by atoms with Crippen LogP contribution in [0.5, 0.6) is 0 Å². The number of carbonyl (C=O) groups is 1. The molecule has 1 N–H and O–H groups in total. The highest BCUT2D eigenvalue weighted by Crippen LogP contribution is 2.22. The summed E-state index contributed by atoms with van der Waals surface area (Å²) in [5.74, 6) is -0.594. The molecule has 0 heterocycles. The van der Waals surface area contributed by atoms with Crippen molar-refractivity contribution in [2.75, 3.05) is 26.0 Å². The molecule has 8 heteroatoms. The molecule has 0 fully saturated rings. The molecule has 1 unspecified atom stereocenters. The molecule has 0 aliphatic heterocycles. The highest BCUT2D eigenvalue weighted by molar-refractivity contribution is 7.89. The van der Waals surface area contributed by atoms with Crippen molar-refractivity contribution in [1.82, 2.24) is 9.21 Å². The minimum Gasteiger partial charge on any atom is -0.325 e. The number of amides is 1. The third-order valence-electron chi connectivity index (χ3n) is 5.50. The molecule has 0 aliphatic carbocycles. The van der Waals surface area contributed by atoms with Gasteiger partial charge in [0.1, 0.15) is 5.82 Å². The van der Waals surface area contributed by atoms with Gasteiger partial charge in [-0.15, -0.1) is 0 Å². The second kappa shape index (κ2) is 10.7. The maximum atomic E-state index is 14.0. The van der Waals surface area contributed by atoms with Crippen LogP contribution >= 0.6 is 0 Å². The van der Waals surface area contributed by atoms with Gasteiger partial charge in [0.25, 0.3) is 0 Å². The maximum Gasteiger partial charge on any atom is 0.243 e. The molecule has 0 aliphatic rings. The van der Waals surface area contributed by atoms with E-state index in [-0.39, 0.29) is 35.8 Å². The van der Waals surface area contributed by atoms with Gasteiger partial charge in [-0.1, -0.05) is 48.5 Å². The first kappa shape index (κ1) is 24.6. The monoisotopic (exact) mass is 469 g/mol. The summed E-state index contributed by atoms with van der Waals surface area (Å²) in [6, 6.07) is 21.6. The van der Waals surface area contributed by atoms with Crippen LogP contribution in [0.3, 0.4) is 0 Å². The fourth-order valence-electron chi connectivity index (χ4n) is 3.43. The Hall–Kier alpha value is -3.07. The van der Waals surface area contributed by atoms with E-state index in [1.807, 2.05) is 37.3 Å². The van der Waals surface area contributed by atoms with Crippen molar-refractivity contribution in [1.29, 1.82) is 0 Å². The van der Waals surface area contributed by atoms with Gasteiger partial charge >= 0.3 is 0 Å². The Morgan fingerprint density at radius 3 is 2.18 bits per heavy atom. The second-order valence-electron chi connectivity index (χ2n) is 7.93. The normalized spacial score (nSPS) is 12.7. The van der Waals surface area contributed by atoms with Crippen molar-refractivity contribution in [3.63, 3.8) is 0 Å². The summed E-state index contributed by atoms with van der Waals surface area (Å²) in [7, 11) is -0.393. The first-order valence-corrected chi connectivity index (χ1v) is 12.0. The van der Waals surface area contributed by atoms with Crippen molar-refractivity contribution in [2.45, 2.75) is 24.4 Å². The molecule has 1 amide bonds. The van der Waals surface area contributed by atoms with Crippen molar-refractivity contribution in [3.05, 3.63) is 95.8 Å². The van der Waals surface area contributed by atoms with E-state index in [0.717, 1.165) is 5.56 Å². The Morgan fingerprint density at radius 1 is 0.939 bits per heavy atom. The quantitative estimate of drug-likeness (QED) is 0.508. The minimum absolute atomic E-state index is 0.0510. The lowest BCUT2D eigenvalue weighted by atomic mass is 10.1. The number of hydrogen-bond acceptors (Lipinski definition) is 4. The van der Waals surface area contributed by atoms with Crippen molar-refractivity contribution in [2.24, 2.45) is 0 Å². The number of carbonyl (C=O) groups excluding carboxylic acids is 1. The van der Waals surface area contributed by atoms with Gasteiger partial charge in [-0.05, 0) is 49.9 Å². The number of sulfonamides is 1. The lowest BCUT2D eigenvalue weighted by Gasteiger charge is -2.24. The molecule has 3 rings (SSSR count). The van der Waals surface area contributed by atoms with Gasteiger partial charge in [0.2, 0.25) is 15.9 Å². The van der Waals surface area contributed by atoms with Gasteiger partial charge in [0, 0.05) is 30.9 Å². The molecule has 0 bridgehead atoms. The van der Waals surface area contributed by atoms with Crippen LogP contribution in [-0.2, 0) is 21.4 Å². The number of anilines is 1. The SMILES string of the molecule is CC(c1ccccc1F)N(C)CC(=O)Nc1ccc(S(=O)(=O)N(C)Cc2ccccc2)cc1. The zero-order valence-corrected chi connectivity index (χ0v) is 19.7. The summed E-state index contributed by atoms with van der Waals surface area (Å²) in [6.07, 6.45) is 0. The van der Waals surface area contributed by atoms with Crippen LogP contribution in [0.1, 0.15) is 24.1 Å². The van der Waals surface area contributed by atoms with Crippen LogP contribution < -0.4 is 5.32 Å². The fraction of sp³-hybridized carbons (Fsp3) is 0.240. The van der Waals surface area contributed by atoms with E-state index in [4.69, 9.17) is 0 Å². The summed E-state index contributed by atoms with van der Waals surface area (Å²) in [5, 5.41) is 2.76. The fourth-order valence-corrected chi connectivity index (χ4v) is 4.59. The molecule has 6 nitrogen and oxygen atoms in total. The smallest absolute Gasteiger partial charge is 0.243 e. The van der Waals surface area contributed by atoms with Crippen molar-refractivity contribution < 1.29 is 17.6 Å². The summed E-state index contributed by atoms with van der Waals surface area (Å²) >= 11 is 0. The molecular weight excluding hydrogens is 441 g/mol. The molecule has 174 valence electrons. The Kier molecular flexibility index (Phi) is 7.97. The van der Waals surface area contributed by atoms with Crippen LogP contribution in [0.2, 0.25) is 0 Å². The highest BCUT2D eigenvalue weighted by atomic mass is 32.2. The third kappa shape index (κ3) is 6.25. The number of halogens is 1. The van der Waals surface area contributed by atoms with Gasteiger partial charge in [-0.25, -0.2) is 12.8 Å². The van der Waals surface area contributed by atoms with Gasteiger partial charge < -0.3 is 5.32 Å².